The van der Waals surface area contributed by atoms with Crippen molar-refractivity contribution >= 4 is 6.21 Å². The number of aliphatic imine (C=N–C) groups is 1. The summed E-state index contributed by atoms with van der Waals surface area (Å²) in [6.45, 7) is 0.303. The Balaban J connectivity index is 2.08. The molecule has 1 aromatic carbocycles. The lowest BCUT2D eigenvalue weighted by Gasteiger charge is -1.89. The van der Waals surface area contributed by atoms with Crippen molar-refractivity contribution in [2.45, 2.75) is 6.54 Å². The molecule has 0 bridgehead atoms. The molecular formula is C11H12N3O2+. The maximum atomic E-state index is 11.2. The minimum atomic E-state index is -0.382. The van der Waals surface area contributed by atoms with Gasteiger partial charge in [-0.1, -0.05) is 35.0 Å². The number of nitrogens with zero attached hydrogens (tertiary/aromatic N) is 2. The molecule has 5 nitrogen and oxygen atoms in total. The van der Waals surface area contributed by atoms with Crippen molar-refractivity contribution in [1.29, 1.82) is 0 Å². The molecule has 0 saturated carbocycles. The van der Waals surface area contributed by atoms with Gasteiger partial charge in [0, 0.05) is 6.21 Å². The number of hydrogen-bond acceptors (Lipinski definition) is 3. The van der Waals surface area contributed by atoms with E-state index < -0.39 is 0 Å². The van der Waals surface area contributed by atoms with Crippen molar-refractivity contribution in [3.05, 3.63) is 52.0 Å². The highest BCUT2D eigenvalue weighted by atomic mass is 16.5. The number of rotatable bonds is 3. The van der Waals surface area contributed by atoms with Crippen LogP contribution in [0.5, 0.6) is 0 Å². The predicted molar refractivity (Wildman–Crippen MR) is 58.2 cm³/mol. The lowest BCUT2D eigenvalue weighted by Crippen LogP contribution is -2.36. The quantitative estimate of drug-likeness (QED) is 0.599. The molecule has 0 saturated heterocycles. The Morgan fingerprint density at radius 1 is 1.44 bits per heavy atom. The molecule has 0 spiro atoms. The molecule has 0 aliphatic heterocycles. The highest BCUT2D eigenvalue weighted by molar-refractivity contribution is 5.79. The summed E-state index contributed by atoms with van der Waals surface area (Å²) in [6, 6.07) is 9.71. The van der Waals surface area contributed by atoms with Gasteiger partial charge in [-0.2, -0.15) is 0 Å². The molecule has 0 atom stereocenters. The maximum Gasteiger partial charge on any atom is 0.431 e. The fraction of sp³-hybridized carbons (Fsp3) is 0.182. The van der Waals surface area contributed by atoms with Crippen LogP contribution in [0.25, 0.3) is 0 Å². The maximum absolute atomic E-state index is 11.2. The van der Waals surface area contributed by atoms with Crippen molar-refractivity contribution in [2.75, 3.05) is 0 Å². The Hall–Kier alpha value is -2.17. The van der Waals surface area contributed by atoms with Crippen LogP contribution in [0, 0.1) is 0 Å². The van der Waals surface area contributed by atoms with Gasteiger partial charge in [-0.3, -0.25) is 9.52 Å². The number of hydrogen-bond donors (Lipinski definition) is 1. The second-order valence-corrected chi connectivity index (χ2v) is 3.37. The van der Waals surface area contributed by atoms with Gasteiger partial charge < -0.3 is 0 Å². The monoisotopic (exact) mass is 218 g/mol. The third kappa shape index (κ3) is 2.25. The van der Waals surface area contributed by atoms with Gasteiger partial charge in [-0.15, -0.1) is 0 Å². The molecule has 0 amide bonds. The van der Waals surface area contributed by atoms with E-state index in [1.807, 2.05) is 30.3 Å². The molecule has 2 aromatic rings. The van der Waals surface area contributed by atoms with Gasteiger partial charge in [0.05, 0.1) is 0 Å². The largest absolute Gasteiger partial charge is 0.431 e. The van der Waals surface area contributed by atoms with Gasteiger partial charge in [-0.05, 0) is 10.8 Å². The van der Waals surface area contributed by atoms with E-state index in [0.29, 0.717) is 12.2 Å². The van der Waals surface area contributed by atoms with E-state index in [1.54, 1.807) is 13.3 Å². The Morgan fingerprint density at radius 2 is 2.19 bits per heavy atom. The van der Waals surface area contributed by atoms with Crippen LogP contribution in [0.2, 0.25) is 0 Å². The van der Waals surface area contributed by atoms with Gasteiger partial charge in [0.2, 0.25) is 0 Å². The summed E-state index contributed by atoms with van der Waals surface area (Å²) in [5.41, 5.74) is 1.12. The lowest BCUT2D eigenvalue weighted by molar-refractivity contribution is -0.746. The highest BCUT2D eigenvalue weighted by Crippen LogP contribution is 1.94. The average Bonchev–Trinajstić information content (AvgIpc) is 2.62. The van der Waals surface area contributed by atoms with Crippen LogP contribution in [0.3, 0.4) is 0 Å². The molecule has 16 heavy (non-hydrogen) atoms. The van der Waals surface area contributed by atoms with Crippen molar-refractivity contribution in [2.24, 2.45) is 12.0 Å². The standard InChI is InChI=1S/C11H11N3O2/c1-14-10(11(15)16-13-14)8-12-7-9-5-3-2-4-6-9/h2-7H,8H2,1H3/p+1. The van der Waals surface area contributed by atoms with Gasteiger partial charge in [0.1, 0.15) is 6.54 Å². The summed E-state index contributed by atoms with van der Waals surface area (Å²) in [7, 11) is 1.71. The highest BCUT2D eigenvalue weighted by Gasteiger charge is 2.15. The Kier molecular flexibility index (Phi) is 2.95. The summed E-state index contributed by atoms with van der Waals surface area (Å²) in [4.78, 5) is 15.4. The molecule has 0 fully saturated rings. The van der Waals surface area contributed by atoms with E-state index >= 15 is 0 Å². The molecule has 0 aliphatic carbocycles. The topological polar surface area (TPSA) is 62.2 Å². The van der Waals surface area contributed by atoms with Crippen molar-refractivity contribution in [3.63, 3.8) is 0 Å². The van der Waals surface area contributed by atoms with Crippen LogP contribution in [0.4, 0.5) is 0 Å². The number of H-pyrrole nitrogens is 1. The number of nitrogens with one attached hydrogen (secondary N) is 1. The zero-order valence-electron chi connectivity index (χ0n) is 8.88. The second-order valence-electron chi connectivity index (χ2n) is 3.37. The number of aromatic amines is 1. The van der Waals surface area contributed by atoms with Gasteiger partial charge in [0.25, 0.3) is 0 Å². The van der Waals surface area contributed by atoms with Crippen molar-refractivity contribution < 1.29 is 9.20 Å². The first-order valence-electron chi connectivity index (χ1n) is 4.88. The van der Waals surface area contributed by atoms with Crippen molar-refractivity contribution in [3.8, 4) is 0 Å². The molecule has 5 heteroatoms. The summed E-state index contributed by atoms with van der Waals surface area (Å²) < 4.78 is 6.13. The second kappa shape index (κ2) is 4.57. The molecule has 2 rings (SSSR count). The van der Waals surface area contributed by atoms with Gasteiger partial charge >= 0.3 is 11.3 Å². The van der Waals surface area contributed by atoms with Crippen LogP contribution in [0.1, 0.15) is 11.3 Å². The molecule has 0 unspecified atom stereocenters. The molecule has 0 aliphatic rings. The Morgan fingerprint density at radius 3 is 2.81 bits per heavy atom. The number of aryl methyl sites for hydroxylation is 1. The van der Waals surface area contributed by atoms with Crippen LogP contribution in [-0.2, 0) is 13.6 Å². The summed E-state index contributed by atoms with van der Waals surface area (Å²) >= 11 is 0. The molecule has 1 N–H and O–H groups in total. The molecular weight excluding hydrogens is 206 g/mol. The average molecular weight is 218 g/mol. The summed E-state index contributed by atoms with van der Waals surface area (Å²) in [5.74, 6) is 0. The van der Waals surface area contributed by atoms with Crippen LogP contribution < -0.4 is 10.3 Å². The third-order valence-corrected chi connectivity index (χ3v) is 2.20. The smallest absolute Gasteiger partial charge is 0.283 e. The van der Waals surface area contributed by atoms with Crippen molar-refractivity contribution in [1.82, 2.24) is 5.27 Å². The fourth-order valence-electron chi connectivity index (χ4n) is 1.31. The first kappa shape index (κ1) is 10.4. The molecule has 0 radical (unpaired) electrons. The number of benzene rings is 1. The zero-order valence-corrected chi connectivity index (χ0v) is 8.88. The summed E-state index contributed by atoms with van der Waals surface area (Å²) in [6.07, 6.45) is 1.73. The minimum Gasteiger partial charge on any atom is -0.283 e. The van der Waals surface area contributed by atoms with E-state index in [4.69, 9.17) is 0 Å². The predicted octanol–water partition coefficient (Wildman–Crippen LogP) is 0.411. The minimum absolute atomic E-state index is 0.303. The third-order valence-electron chi connectivity index (χ3n) is 2.20. The summed E-state index contributed by atoms with van der Waals surface area (Å²) in [5, 5.41) is 2.44. The number of aromatic nitrogens is 2. The molecule has 82 valence electrons. The SMILES string of the molecule is C[n+]1[nH]oc(=O)c1CN=Cc1ccccc1. The molecule has 1 heterocycles. The Labute approximate surface area is 92.0 Å². The first-order valence-corrected chi connectivity index (χ1v) is 4.88. The van der Waals surface area contributed by atoms with Gasteiger partial charge in [0.15, 0.2) is 7.05 Å². The van der Waals surface area contributed by atoms with E-state index in [0.717, 1.165) is 5.56 Å². The molecule has 1 aromatic heterocycles. The van der Waals surface area contributed by atoms with Crippen LogP contribution >= 0.6 is 0 Å². The zero-order chi connectivity index (χ0) is 11.4. The first-order chi connectivity index (χ1) is 7.77. The van der Waals surface area contributed by atoms with E-state index in [2.05, 4.69) is 14.8 Å². The Bertz CT molecular complexity index is 540. The lowest BCUT2D eigenvalue weighted by atomic mass is 10.2. The normalized spacial score (nSPS) is 11.1. The van der Waals surface area contributed by atoms with Crippen LogP contribution in [0.15, 0.2) is 44.6 Å². The van der Waals surface area contributed by atoms with E-state index in [-0.39, 0.29) is 5.63 Å². The van der Waals surface area contributed by atoms with Crippen LogP contribution in [-0.4, -0.2) is 11.5 Å². The van der Waals surface area contributed by atoms with E-state index in [1.165, 1.54) is 4.68 Å². The fourth-order valence-corrected chi connectivity index (χ4v) is 1.31. The van der Waals surface area contributed by atoms with Gasteiger partial charge in [-0.25, -0.2) is 4.79 Å². The van der Waals surface area contributed by atoms with E-state index in [9.17, 15) is 4.79 Å².